The van der Waals surface area contributed by atoms with Crippen LogP contribution in [0.25, 0.3) is 0 Å². The Morgan fingerprint density at radius 1 is 1.43 bits per heavy atom. The summed E-state index contributed by atoms with van der Waals surface area (Å²) in [6.07, 6.45) is 2.98. The van der Waals surface area contributed by atoms with Crippen LogP contribution in [0, 0.1) is 0 Å². The van der Waals surface area contributed by atoms with E-state index < -0.39 is 0 Å². The molecule has 2 heterocycles. The summed E-state index contributed by atoms with van der Waals surface area (Å²) in [6, 6.07) is 3.61. The minimum Gasteiger partial charge on any atom is -0.467 e. The molecule has 0 bridgehead atoms. The monoisotopic (exact) mass is 339 g/mol. The third kappa shape index (κ3) is 3.79. The summed E-state index contributed by atoms with van der Waals surface area (Å²) in [7, 11) is 0. The first-order valence-electron chi connectivity index (χ1n) is 8.11. The maximum Gasteiger partial charge on any atom is 0.323 e. The highest BCUT2D eigenvalue weighted by Crippen LogP contribution is 2.33. The lowest BCUT2D eigenvalue weighted by Crippen LogP contribution is -2.45. The first kappa shape index (κ1) is 16.6. The van der Waals surface area contributed by atoms with Crippen molar-refractivity contribution >= 4 is 17.6 Å². The molecule has 0 N–H and O–H groups in total. The van der Waals surface area contributed by atoms with Gasteiger partial charge in [-0.25, -0.2) is 0 Å². The van der Waals surface area contributed by atoms with E-state index in [1.165, 1.54) is 0 Å². The van der Waals surface area contributed by atoms with Crippen LogP contribution in [0.1, 0.15) is 37.3 Å². The zero-order valence-electron chi connectivity index (χ0n) is 13.3. The maximum atomic E-state index is 12.2. The Morgan fingerprint density at radius 2 is 2.30 bits per heavy atom. The van der Waals surface area contributed by atoms with Gasteiger partial charge in [0.05, 0.1) is 13.2 Å². The molecule has 2 aliphatic rings. The minimum atomic E-state index is -0.182. The van der Waals surface area contributed by atoms with E-state index in [-0.39, 0.29) is 18.8 Å². The molecule has 1 saturated heterocycles. The van der Waals surface area contributed by atoms with Gasteiger partial charge in [0.25, 0.3) is 0 Å². The fraction of sp³-hybridized carbons (Fsp3) is 0.588. The maximum absolute atomic E-state index is 12.2. The van der Waals surface area contributed by atoms with Crippen LogP contribution in [0.2, 0.25) is 5.02 Å². The highest BCUT2D eigenvalue weighted by molar-refractivity contribution is 6.30. The number of ether oxygens (including phenoxy) is 3. The third-order valence-electron chi connectivity index (χ3n) is 4.30. The van der Waals surface area contributed by atoms with E-state index in [2.05, 4.69) is 4.90 Å². The second kappa shape index (κ2) is 7.51. The Balaban J connectivity index is 1.82. The molecule has 23 heavy (non-hydrogen) atoms. The fourth-order valence-corrected chi connectivity index (χ4v) is 3.54. The van der Waals surface area contributed by atoms with Crippen LogP contribution in [0.4, 0.5) is 0 Å². The molecule has 0 aromatic heterocycles. The van der Waals surface area contributed by atoms with Crippen molar-refractivity contribution in [2.45, 2.75) is 45.4 Å². The van der Waals surface area contributed by atoms with E-state index in [1.807, 2.05) is 19.1 Å². The summed E-state index contributed by atoms with van der Waals surface area (Å²) in [5.41, 5.74) is 1.97. The molecule has 126 valence electrons. The predicted molar refractivity (Wildman–Crippen MR) is 86.4 cm³/mol. The number of esters is 1. The van der Waals surface area contributed by atoms with Gasteiger partial charge in [-0.3, -0.25) is 9.69 Å². The topological polar surface area (TPSA) is 48.0 Å². The van der Waals surface area contributed by atoms with Crippen molar-refractivity contribution in [1.29, 1.82) is 0 Å². The molecule has 0 saturated carbocycles. The molecule has 6 heteroatoms. The highest BCUT2D eigenvalue weighted by atomic mass is 35.5. The number of rotatable bonds is 4. The van der Waals surface area contributed by atoms with Gasteiger partial charge in [0, 0.05) is 22.7 Å². The molecule has 0 unspecified atom stereocenters. The van der Waals surface area contributed by atoms with Crippen LogP contribution in [0.5, 0.6) is 5.75 Å². The number of piperidine rings is 1. The van der Waals surface area contributed by atoms with Crippen molar-refractivity contribution in [2.75, 3.05) is 19.9 Å². The van der Waals surface area contributed by atoms with Gasteiger partial charge in [-0.15, -0.1) is 0 Å². The van der Waals surface area contributed by atoms with Crippen LogP contribution in [-0.4, -0.2) is 36.9 Å². The second-order valence-electron chi connectivity index (χ2n) is 5.90. The van der Waals surface area contributed by atoms with Gasteiger partial charge < -0.3 is 14.2 Å². The van der Waals surface area contributed by atoms with Crippen LogP contribution in [0.3, 0.4) is 0 Å². The summed E-state index contributed by atoms with van der Waals surface area (Å²) in [6.45, 7) is 4.52. The number of likely N-dealkylation sites (tertiary alicyclic amines) is 1. The molecule has 1 aromatic rings. The van der Waals surface area contributed by atoms with E-state index in [1.54, 1.807) is 0 Å². The average molecular weight is 340 g/mol. The van der Waals surface area contributed by atoms with Gasteiger partial charge >= 0.3 is 5.97 Å². The van der Waals surface area contributed by atoms with Crippen LogP contribution < -0.4 is 4.74 Å². The lowest BCUT2D eigenvalue weighted by molar-refractivity contribution is -0.151. The molecule has 0 amide bonds. The Bertz CT molecular complexity index is 578. The second-order valence-corrected chi connectivity index (χ2v) is 6.33. The Hall–Kier alpha value is -1.30. The van der Waals surface area contributed by atoms with Gasteiger partial charge in [0.2, 0.25) is 0 Å². The molecule has 3 rings (SSSR count). The Kier molecular flexibility index (Phi) is 5.41. The number of hydrogen-bond acceptors (Lipinski definition) is 5. The average Bonchev–Trinajstić information content (AvgIpc) is 2.55. The molecule has 0 aliphatic carbocycles. The first-order chi connectivity index (χ1) is 11.2. The molecule has 2 aliphatic heterocycles. The zero-order valence-corrected chi connectivity index (χ0v) is 14.1. The molecule has 1 atom stereocenters. The number of carbonyl (C=O) groups is 1. The molecular weight excluding hydrogens is 318 g/mol. The van der Waals surface area contributed by atoms with Gasteiger partial charge in [-0.05, 0) is 38.4 Å². The quantitative estimate of drug-likeness (QED) is 0.789. The number of benzene rings is 1. The van der Waals surface area contributed by atoms with Crippen LogP contribution >= 0.6 is 11.6 Å². The molecular formula is C17H22ClNO4. The SMILES string of the molecule is CCOC(=O)[C@@H]1CCCCN1Cc1cc(Cl)cc2c1OCOC2. The van der Waals surface area contributed by atoms with Crippen molar-refractivity contribution in [3.05, 3.63) is 28.3 Å². The number of nitrogens with zero attached hydrogens (tertiary/aromatic N) is 1. The van der Waals surface area contributed by atoms with Crippen molar-refractivity contribution < 1.29 is 19.0 Å². The van der Waals surface area contributed by atoms with Crippen LogP contribution in [0.15, 0.2) is 12.1 Å². The minimum absolute atomic E-state index is 0.132. The summed E-state index contributed by atoms with van der Waals surface area (Å²) < 4.78 is 16.2. The lowest BCUT2D eigenvalue weighted by Gasteiger charge is -2.34. The van der Waals surface area contributed by atoms with E-state index in [4.69, 9.17) is 25.8 Å². The van der Waals surface area contributed by atoms with E-state index >= 15 is 0 Å². The molecule has 1 aromatic carbocycles. The molecule has 0 spiro atoms. The Morgan fingerprint density at radius 3 is 3.13 bits per heavy atom. The normalized spacial score (nSPS) is 21.4. The number of halogens is 1. The van der Waals surface area contributed by atoms with Crippen molar-refractivity contribution in [3.8, 4) is 5.75 Å². The highest BCUT2D eigenvalue weighted by Gasteiger charge is 2.31. The molecule has 0 radical (unpaired) electrons. The first-order valence-corrected chi connectivity index (χ1v) is 8.49. The summed E-state index contributed by atoms with van der Waals surface area (Å²) in [5.74, 6) is 0.709. The van der Waals surface area contributed by atoms with E-state index in [0.717, 1.165) is 42.7 Å². The molecule has 5 nitrogen and oxygen atoms in total. The Labute approximate surface area is 141 Å². The predicted octanol–water partition coefficient (Wildman–Crippen LogP) is 3.12. The van der Waals surface area contributed by atoms with E-state index in [9.17, 15) is 4.79 Å². The number of carbonyl (C=O) groups excluding carboxylic acids is 1. The molecule has 1 fully saturated rings. The van der Waals surface area contributed by atoms with E-state index in [0.29, 0.717) is 24.8 Å². The van der Waals surface area contributed by atoms with Crippen molar-refractivity contribution in [3.63, 3.8) is 0 Å². The van der Waals surface area contributed by atoms with Gasteiger partial charge in [-0.2, -0.15) is 0 Å². The number of fused-ring (bicyclic) bond motifs is 1. The summed E-state index contributed by atoms with van der Waals surface area (Å²) in [5, 5.41) is 0.664. The standard InChI is InChI=1S/C17H22ClNO4/c1-2-22-17(20)15-5-3-4-6-19(15)9-12-7-14(18)8-13-10-21-11-23-16(12)13/h7-8,15H,2-6,9-11H2,1H3/t15-/m0/s1. The smallest absolute Gasteiger partial charge is 0.323 e. The lowest BCUT2D eigenvalue weighted by atomic mass is 10.00. The summed E-state index contributed by atoms with van der Waals surface area (Å²) in [4.78, 5) is 14.4. The van der Waals surface area contributed by atoms with Gasteiger partial charge in [0.1, 0.15) is 11.8 Å². The summed E-state index contributed by atoms with van der Waals surface area (Å²) >= 11 is 6.23. The zero-order chi connectivity index (χ0) is 16.2. The third-order valence-corrected chi connectivity index (χ3v) is 4.52. The van der Waals surface area contributed by atoms with Gasteiger partial charge in [0.15, 0.2) is 6.79 Å². The fourth-order valence-electron chi connectivity index (χ4n) is 3.28. The van der Waals surface area contributed by atoms with Gasteiger partial charge in [-0.1, -0.05) is 18.0 Å². The van der Waals surface area contributed by atoms with Crippen LogP contribution in [-0.2, 0) is 27.4 Å². The number of hydrogen-bond donors (Lipinski definition) is 0. The van der Waals surface area contributed by atoms with Crippen molar-refractivity contribution in [1.82, 2.24) is 4.90 Å². The van der Waals surface area contributed by atoms with Crippen molar-refractivity contribution in [2.24, 2.45) is 0 Å². The largest absolute Gasteiger partial charge is 0.467 e.